The first kappa shape index (κ1) is 17.2. The lowest BCUT2D eigenvalue weighted by Gasteiger charge is -2.08. The zero-order valence-corrected chi connectivity index (χ0v) is 14.1. The summed E-state index contributed by atoms with van der Waals surface area (Å²) in [4.78, 5) is 12.1. The molecule has 122 valence electrons. The Morgan fingerprint density at radius 3 is 2.17 bits per heavy atom. The molecule has 0 aliphatic carbocycles. The van der Waals surface area contributed by atoms with Gasteiger partial charge in [0.25, 0.3) is 15.9 Å². The zero-order valence-electron chi connectivity index (χ0n) is 13.3. The Bertz CT molecular complexity index is 751. The minimum absolute atomic E-state index is 0.0927. The highest BCUT2D eigenvalue weighted by Gasteiger charge is 2.18. The number of carbonyl (C=O) groups excluding carboxylic acids is 1. The molecule has 0 aliphatic heterocycles. The number of hydrogen-bond acceptors (Lipinski definition) is 3. The third-order valence-corrected chi connectivity index (χ3v) is 4.85. The molecule has 1 amide bonds. The summed E-state index contributed by atoms with van der Waals surface area (Å²) in [5.41, 5.74) is 1.40. The van der Waals surface area contributed by atoms with Crippen molar-refractivity contribution in [2.45, 2.75) is 31.6 Å². The van der Waals surface area contributed by atoms with Gasteiger partial charge in [-0.05, 0) is 48.6 Å². The van der Waals surface area contributed by atoms with Crippen molar-refractivity contribution in [3.63, 3.8) is 0 Å². The molecule has 0 fully saturated rings. The van der Waals surface area contributed by atoms with Gasteiger partial charge in [0.1, 0.15) is 0 Å². The maximum absolute atomic E-state index is 12.3. The van der Waals surface area contributed by atoms with Crippen LogP contribution in [0.3, 0.4) is 0 Å². The molecule has 0 atom stereocenters. The van der Waals surface area contributed by atoms with E-state index in [1.807, 2.05) is 0 Å². The quantitative estimate of drug-likeness (QED) is 0.882. The van der Waals surface area contributed by atoms with Crippen molar-refractivity contribution >= 4 is 15.9 Å². The molecule has 0 heterocycles. The van der Waals surface area contributed by atoms with Crippen molar-refractivity contribution in [3.8, 4) is 0 Å². The van der Waals surface area contributed by atoms with Crippen LogP contribution in [0.25, 0.3) is 0 Å². The number of sulfonamides is 1. The smallest absolute Gasteiger partial charge is 0.264 e. The summed E-state index contributed by atoms with van der Waals surface area (Å²) >= 11 is 0. The van der Waals surface area contributed by atoms with Crippen LogP contribution in [0.1, 0.15) is 36.2 Å². The van der Waals surface area contributed by atoms with Gasteiger partial charge in [-0.2, -0.15) is 0 Å². The van der Waals surface area contributed by atoms with Crippen LogP contribution in [0, 0.1) is 5.92 Å². The molecule has 5 heteroatoms. The Kier molecular flexibility index (Phi) is 5.55. The fourth-order valence-electron chi connectivity index (χ4n) is 2.12. The minimum Gasteiger partial charge on any atom is -0.268 e. The second-order valence-corrected chi connectivity index (χ2v) is 7.56. The standard InChI is InChI=1S/C18H21NO3S/c1-14(2)8-9-15-10-12-17(13-11-15)23(21,22)19-18(20)16-6-4-3-5-7-16/h3-7,10-14H,8-9H2,1-2H3,(H,19,20). The van der Waals surface area contributed by atoms with Crippen LogP contribution in [0.5, 0.6) is 0 Å². The van der Waals surface area contributed by atoms with E-state index >= 15 is 0 Å². The lowest BCUT2D eigenvalue weighted by atomic mass is 10.0. The van der Waals surface area contributed by atoms with E-state index in [0.717, 1.165) is 18.4 Å². The average molecular weight is 331 g/mol. The maximum Gasteiger partial charge on any atom is 0.264 e. The summed E-state index contributed by atoms with van der Waals surface area (Å²) in [6, 6.07) is 14.9. The third-order valence-electron chi connectivity index (χ3n) is 3.51. The van der Waals surface area contributed by atoms with Crippen LogP contribution in [-0.4, -0.2) is 14.3 Å². The number of carbonyl (C=O) groups is 1. The maximum atomic E-state index is 12.3. The van der Waals surface area contributed by atoms with Gasteiger partial charge in [0, 0.05) is 5.56 Å². The van der Waals surface area contributed by atoms with Crippen molar-refractivity contribution in [3.05, 3.63) is 65.7 Å². The Morgan fingerprint density at radius 1 is 1.00 bits per heavy atom. The highest BCUT2D eigenvalue weighted by Crippen LogP contribution is 2.14. The topological polar surface area (TPSA) is 63.2 Å². The van der Waals surface area contributed by atoms with Crippen LogP contribution >= 0.6 is 0 Å². The fourth-order valence-corrected chi connectivity index (χ4v) is 3.09. The molecule has 4 nitrogen and oxygen atoms in total. The summed E-state index contributed by atoms with van der Waals surface area (Å²) in [6.45, 7) is 4.30. The van der Waals surface area contributed by atoms with Crippen molar-refractivity contribution in [2.75, 3.05) is 0 Å². The molecule has 1 N–H and O–H groups in total. The van der Waals surface area contributed by atoms with Crippen LogP contribution < -0.4 is 4.72 Å². The van der Waals surface area contributed by atoms with E-state index in [-0.39, 0.29) is 4.90 Å². The predicted octanol–water partition coefficient (Wildman–Crippen LogP) is 3.39. The molecular formula is C18H21NO3S. The van der Waals surface area contributed by atoms with Gasteiger partial charge in [-0.15, -0.1) is 0 Å². The molecule has 23 heavy (non-hydrogen) atoms. The summed E-state index contributed by atoms with van der Waals surface area (Å²) in [6.07, 6.45) is 1.96. The van der Waals surface area contributed by atoms with Gasteiger partial charge in [0.2, 0.25) is 0 Å². The summed E-state index contributed by atoms with van der Waals surface area (Å²) in [5.74, 6) is -0.0296. The Labute approximate surface area is 137 Å². The van der Waals surface area contributed by atoms with E-state index in [0.29, 0.717) is 11.5 Å². The Hall–Kier alpha value is -2.14. The van der Waals surface area contributed by atoms with Crippen LogP contribution in [0.15, 0.2) is 59.5 Å². The Morgan fingerprint density at radius 2 is 1.61 bits per heavy atom. The van der Waals surface area contributed by atoms with Crippen molar-refractivity contribution in [1.29, 1.82) is 0 Å². The lowest BCUT2D eigenvalue weighted by Crippen LogP contribution is -2.30. The number of nitrogens with one attached hydrogen (secondary N) is 1. The fraction of sp³-hybridized carbons (Fsp3) is 0.278. The van der Waals surface area contributed by atoms with Crippen LogP contribution in [-0.2, 0) is 16.4 Å². The minimum atomic E-state index is -3.86. The van der Waals surface area contributed by atoms with Crippen LogP contribution in [0.4, 0.5) is 0 Å². The van der Waals surface area contributed by atoms with E-state index in [1.54, 1.807) is 42.5 Å². The number of aryl methyl sites for hydroxylation is 1. The molecule has 0 saturated heterocycles. The van der Waals surface area contributed by atoms with Gasteiger partial charge < -0.3 is 0 Å². The summed E-state index contributed by atoms with van der Waals surface area (Å²) in [5, 5.41) is 0. The number of benzene rings is 2. The molecule has 0 radical (unpaired) electrons. The highest BCUT2D eigenvalue weighted by atomic mass is 32.2. The monoisotopic (exact) mass is 331 g/mol. The zero-order chi connectivity index (χ0) is 16.9. The van der Waals surface area contributed by atoms with E-state index < -0.39 is 15.9 Å². The van der Waals surface area contributed by atoms with Gasteiger partial charge in [0.15, 0.2) is 0 Å². The molecule has 2 aromatic carbocycles. The summed E-state index contributed by atoms with van der Waals surface area (Å²) < 4.78 is 26.6. The number of hydrogen-bond donors (Lipinski definition) is 1. The molecule has 2 aromatic rings. The second-order valence-electron chi connectivity index (χ2n) is 5.88. The molecule has 2 rings (SSSR count). The van der Waals surface area contributed by atoms with Crippen molar-refractivity contribution in [1.82, 2.24) is 4.72 Å². The molecular weight excluding hydrogens is 310 g/mol. The van der Waals surface area contributed by atoms with E-state index in [1.165, 1.54) is 12.1 Å². The first-order chi connectivity index (χ1) is 10.9. The van der Waals surface area contributed by atoms with Gasteiger partial charge in [-0.1, -0.05) is 44.2 Å². The van der Waals surface area contributed by atoms with Crippen molar-refractivity contribution < 1.29 is 13.2 Å². The van der Waals surface area contributed by atoms with Crippen molar-refractivity contribution in [2.24, 2.45) is 5.92 Å². The van der Waals surface area contributed by atoms with E-state index in [4.69, 9.17) is 0 Å². The SMILES string of the molecule is CC(C)CCc1ccc(S(=O)(=O)NC(=O)c2ccccc2)cc1. The van der Waals surface area contributed by atoms with Gasteiger partial charge in [-0.25, -0.2) is 13.1 Å². The molecule has 0 saturated carbocycles. The largest absolute Gasteiger partial charge is 0.268 e. The van der Waals surface area contributed by atoms with E-state index in [2.05, 4.69) is 18.6 Å². The number of rotatable bonds is 6. The van der Waals surface area contributed by atoms with Crippen LogP contribution in [0.2, 0.25) is 0 Å². The first-order valence-corrected chi connectivity index (χ1v) is 9.08. The van der Waals surface area contributed by atoms with E-state index in [9.17, 15) is 13.2 Å². The Balaban J connectivity index is 2.09. The molecule has 0 spiro atoms. The summed E-state index contributed by atoms with van der Waals surface area (Å²) in [7, 11) is -3.86. The number of amides is 1. The first-order valence-electron chi connectivity index (χ1n) is 7.59. The molecule has 0 aliphatic rings. The molecule has 0 bridgehead atoms. The lowest BCUT2D eigenvalue weighted by molar-refractivity contribution is 0.0981. The molecule has 0 unspecified atom stereocenters. The van der Waals surface area contributed by atoms with Gasteiger partial charge >= 0.3 is 0 Å². The van der Waals surface area contributed by atoms with Gasteiger partial charge in [-0.3, -0.25) is 4.79 Å². The van der Waals surface area contributed by atoms with Gasteiger partial charge in [0.05, 0.1) is 4.90 Å². The average Bonchev–Trinajstić information content (AvgIpc) is 2.53. The second kappa shape index (κ2) is 7.42. The molecule has 0 aromatic heterocycles. The third kappa shape index (κ3) is 4.93. The normalized spacial score (nSPS) is 11.4. The highest BCUT2D eigenvalue weighted by molar-refractivity contribution is 7.90. The predicted molar refractivity (Wildman–Crippen MR) is 90.7 cm³/mol.